The van der Waals surface area contributed by atoms with Crippen LogP contribution in [-0.4, -0.2) is 43.4 Å². The molecule has 0 aliphatic carbocycles. The molecule has 6 heteroatoms. The Morgan fingerprint density at radius 1 is 1.11 bits per heavy atom. The molecule has 1 heterocycles. The summed E-state index contributed by atoms with van der Waals surface area (Å²) in [6.45, 7) is 4.55. The Labute approximate surface area is 167 Å². The summed E-state index contributed by atoms with van der Waals surface area (Å²) in [4.78, 5) is 14.6. The van der Waals surface area contributed by atoms with E-state index in [2.05, 4.69) is 26.0 Å². The van der Waals surface area contributed by atoms with Crippen LogP contribution in [0.4, 0.5) is 0 Å². The number of benzene rings is 2. The highest BCUT2D eigenvalue weighted by Crippen LogP contribution is 2.22. The third kappa shape index (κ3) is 5.35. The Morgan fingerprint density at radius 3 is 2.36 bits per heavy atom. The summed E-state index contributed by atoms with van der Waals surface area (Å²) in [5.74, 6) is 1.02. The van der Waals surface area contributed by atoms with Crippen LogP contribution in [0.1, 0.15) is 37.3 Å². The first-order valence-electron chi connectivity index (χ1n) is 9.60. The quantitative estimate of drug-likeness (QED) is 0.713. The average molecular weight is 402 g/mol. The van der Waals surface area contributed by atoms with Gasteiger partial charge in [0, 0.05) is 12.6 Å². The maximum absolute atomic E-state index is 12.9. The predicted molar refractivity (Wildman–Crippen MR) is 110 cm³/mol. The summed E-state index contributed by atoms with van der Waals surface area (Å²) in [7, 11) is -3.09. The van der Waals surface area contributed by atoms with Gasteiger partial charge in [-0.15, -0.1) is 0 Å². The molecule has 5 nitrogen and oxygen atoms in total. The van der Waals surface area contributed by atoms with Gasteiger partial charge in [0.25, 0.3) is 5.91 Å². The van der Waals surface area contributed by atoms with Crippen LogP contribution in [0.2, 0.25) is 0 Å². The fourth-order valence-electron chi connectivity index (χ4n) is 3.39. The molecule has 1 atom stereocenters. The van der Waals surface area contributed by atoms with Crippen molar-refractivity contribution in [3.8, 4) is 5.75 Å². The number of amides is 1. The molecular formula is C22H27NO4S. The number of para-hydroxylation sites is 1. The topological polar surface area (TPSA) is 63.7 Å². The van der Waals surface area contributed by atoms with Gasteiger partial charge in [-0.3, -0.25) is 4.79 Å². The molecule has 0 saturated carbocycles. The number of rotatable bonds is 7. The number of hydrogen-bond acceptors (Lipinski definition) is 4. The normalized spacial score (nSPS) is 18.2. The molecule has 0 radical (unpaired) electrons. The molecule has 2 aromatic rings. The molecule has 0 N–H and O–H groups in total. The van der Waals surface area contributed by atoms with Crippen LogP contribution in [-0.2, 0) is 21.2 Å². The van der Waals surface area contributed by atoms with Crippen molar-refractivity contribution in [3.05, 3.63) is 65.7 Å². The monoisotopic (exact) mass is 401 g/mol. The van der Waals surface area contributed by atoms with E-state index < -0.39 is 9.84 Å². The molecule has 1 aliphatic rings. The first-order valence-corrected chi connectivity index (χ1v) is 11.4. The van der Waals surface area contributed by atoms with E-state index in [1.165, 1.54) is 5.56 Å². The summed E-state index contributed by atoms with van der Waals surface area (Å²) >= 11 is 0. The van der Waals surface area contributed by atoms with Crippen LogP contribution >= 0.6 is 0 Å². The molecule has 1 amide bonds. The highest BCUT2D eigenvalue weighted by atomic mass is 32.2. The Hall–Kier alpha value is -2.34. The summed E-state index contributed by atoms with van der Waals surface area (Å²) in [6, 6.07) is 17.0. The third-order valence-corrected chi connectivity index (χ3v) is 6.82. The van der Waals surface area contributed by atoms with Crippen molar-refractivity contribution in [1.82, 2.24) is 4.90 Å². The van der Waals surface area contributed by atoms with Crippen molar-refractivity contribution in [2.45, 2.75) is 38.8 Å². The smallest absolute Gasteiger partial charge is 0.261 e. The Kier molecular flexibility index (Phi) is 6.39. The van der Waals surface area contributed by atoms with E-state index in [4.69, 9.17) is 4.74 Å². The van der Waals surface area contributed by atoms with E-state index in [1.54, 1.807) is 17.0 Å². The Morgan fingerprint density at radius 2 is 1.79 bits per heavy atom. The van der Waals surface area contributed by atoms with Gasteiger partial charge in [-0.1, -0.05) is 56.3 Å². The van der Waals surface area contributed by atoms with E-state index in [1.807, 2.05) is 30.3 Å². The second kappa shape index (κ2) is 8.78. The molecule has 1 saturated heterocycles. The second-order valence-corrected chi connectivity index (χ2v) is 9.81. The van der Waals surface area contributed by atoms with Gasteiger partial charge < -0.3 is 9.64 Å². The van der Waals surface area contributed by atoms with Gasteiger partial charge in [-0.2, -0.15) is 0 Å². The lowest BCUT2D eigenvalue weighted by Gasteiger charge is -2.28. The lowest BCUT2D eigenvalue weighted by atomic mass is 10.0. The maximum Gasteiger partial charge on any atom is 0.261 e. The van der Waals surface area contributed by atoms with E-state index >= 15 is 0 Å². The summed E-state index contributed by atoms with van der Waals surface area (Å²) < 4.78 is 29.5. The van der Waals surface area contributed by atoms with E-state index in [-0.39, 0.29) is 30.1 Å². The van der Waals surface area contributed by atoms with Crippen LogP contribution in [0.25, 0.3) is 0 Å². The van der Waals surface area contributed by atoms with Crippen molar-refractivity contribution < 1.29 is 17.9 Å². The molecule has 0 aromatic heterocycles. The lowest BCUT2D eigenvalue weighted by Crippen LogP contribution is -2.43. The zero-order chi connectivity index (χ0) is 20.1. The first kappa shape index (κ1) is 20.4. The molecule has 2 aromatic carbocycles. The molecule has 0 spiro atoms. The molecule has 1 fully saturated rings. The van der Waals surface area contributed by atoms with Crippen molar-refractivity contribution in [2.75, 3.05) is 18.1 Å². The minimum absolute atomic E-state index is 0.0220. The molecule has 0 unspecified atom stereocenters. The minimum Gasteiger partial charge on any atom is -0.484 e. The summed E-state index contributed by atoms with van der Waals surface area (Å²) in [5, 5.41) is 0. The zero-order valence-corrected chi connectivity index (χ0v) is 17.2. The highest BCUT2D eigenvalue weighted by Gasteiger charge is 2.34. The minimum atomic E-state index is -3.09. The summed E-state index contributed by atoms with van der Waals surface area (Å²) in [6.07, 6.45) is 0.476. The SMILES string of the molecule is CC(C)c1ccc(CN(C(=O)COc2ccccc2)[C@@H]2CCS(=O)(=O)C2)cc1. The number of carbonyl (C=O) groups excluding carboxylic acids is 1. The van der Waals surface area contributed by atoms with Crippen LogP contribution in [0, 0.1) is 0 Å². The number of hydrogen-bond donors (Lipinski definition) is 0. The van der Waals surface area contributed by atoms with Crippen molar-refractivity contribution in [1.29, 1.82) is 0 Å². The average Bonchev–Trinajstić information content (AvgIpc) is 3.05. The van der Waals surface area contributed by atoms with Crippen LogP contribution < -0.4 is 4.74 Å². The molecule has 28 heavy (non-hydrogen) atoms. The van der Waals surface area contributed by atoms with E-state index in [0.29, 0.717) is 24.6 Å². The van der Waals surface area contributed by atoms with Gasteiger partial charge >= 0.3 is 0 Å². The fourth-order valence-corrected chi connectivity index (χ4v) is 5.12. The van der Waals surface area contributed by atoms with Crippen molar-refractivity contribution >= 4 is 15.7 Å². The van der Waals surface area contributed by atoms with Gasteiger partial charge in [0.15, 0.2) is 16.4 Å². The van der Waals surface area contributed by atoms with Gasteiger partial charge in [0.2, 0.25) is 0 Å². The van der Waals surface area contributed by atoms with Crippen molar-refractivity contribution in [3.63, 3.8) is 0 Å². The molecule has 3 rings (SSSR count). The van der Waals surface area contributed by atoms with Gasteiger partial charge in [-0.05, 0) is 35.6 Å². The molecule has 0 bridgehead atoms. The van der Waals surface area contributed by atoms with Gasteiger partial charge in [0.1, 0.15) is 5.75 Å². The van der Waals surface area contributed by atoms with E-state index in [0.717, 1.165) is 5.56 Å². The zero-order valence-electron chi connectivity index (χ0n) is 16.4. The predicted octanol–water partition coefficient (Wildman–Crippen LogP) is 3.40. The maximum atomic E-state index is 12.9. The highest BCUT2D eigenvalue weighted by molar-refractivity contribution is 7.91. The molecular weight excluding hydrogens is 374 g/mol. The largest absolute Gasteiger partial charge is 0.484 e. The Bertz CT molecular complexity index is 892. The summed E-state index contributed by atoms with van der Waals surface area (Å²) in [5.41, 5.74) is 2.22. The van der Waals surface area contributed by atoms with Crippen molar-refractivity contribution in [2.24, 2.45) is 0 Å². The Balaban J connectivity index is 1.73. The molecule has 1 aliphatic heterocycles. The number of sulfone groups is 1. The fraction of sp³-hybridized carbons (Fsp3) is 0.409. The van der Waals surface area contributed by atoms with Crippen LogP contribution in [0.15, 0.2) is 54.6 Å². The number of nitrogens with zero attached hydrogens (tertiary/aromatic N) is 1. The number of carbonyl (C=O) groups is 1. The van der Waals surface area contributed by atoms with E-state index in [9.17, 15) is 13.2 Å². The molecule has 150 valence electrons. The standard InChI is InChI=1S/C22H27NO4S/c1-17(2)19-10-8-18(9-11-19)14-23(20-12-13-28(25,26)16-20)22(24)15-27-21-6-4-3-5-7-21/h3-11,17,20H,12-16H2,1-2H3/t20-/m1/s1. The van der Waals surface area contributed by atoms with Gasteiger partial charge in [0.05, 0.1) is 11.5 Å². The third-order valence-electron chi connectivity index (χ3n) is 5.07. The first-order chi connectivity index (χ1) is 13.3. The van der Waals surface area contributed by atoms with Crippen LogP contribution in [0.3, 0.4) is 0 Å². The second-order valence-electron chi connectivity index (χ2n) is 7.58. The van der Waals surface area contributed by atoms with Crippen LogP contribution in [0.5, 0.6) is 5.75 Å². The van der Waals surface area contributed by atoms with Gasteiger partial charge in [-0.25, -0.2) is 8.42 Å². The lowest BCUT2D eigenvalue weighted by molar-refractivity contribution is -0.136. The number of ether oxygens (including phenoxy) is 1.